The number of ether oxygens (including phenoxy) is 1. The Balaban J connectivity index is 1.40. The number of para-hydroxylation sites is 1. The number of carbonyl (C=O) groups excluding carboxylic acids is 1. The van der Waals surface area contributed by atoms with Crippen molar-refractivity contribution in [3.05, 3.63) is 63.8 Å². The van der Waals surface area contributed by atoms with Gasteiger partial charge in [0.1, 0.15) is 11.6 Å². The molecule has 0 bridgehead atoms. The molecule has 0 spiro atoms. The molecule has 1 N–H and O–H groups in total. The Morgan fingerprint density at radius 1 is 1.20 bits per heavy atom. The maximum Gasteiger partial charge on any atom is 0.263 e. The zero-order chi connectivity index (χ0) is 20.7. The number of hydrogen-bond acceptors (Lipinski definition) is 5. The number of carbonyl (C=O) groups is 1. The number of nitrogens with zero attached hydrogens (tertiary/aromatic N) is 3. The quantitative estimate of drug-likeness (QED) is 0.440. The topological polar surface area (TPSA) is 69.0 Å². The minimum absolute atomic E-state index is 0.179. The predicted octanol–water partition coefficient (Wildman–Crippen LogP) is 5.30. The molecule has 0 saturated carbocycles. The van der Waals surface area contributed by atoms with Crippen LogP contribution in [0.1, 0.15) is 17.7 Å². The predicted molar refractivity (Wildman–Crippen MR) is 119 cm³/mol. The summed E-state index contributed by atoms with van der Waals surface area (Å²) in [5.41, 5.74) is 2.98. The van der Waals surface area contributed by atoms with Crippen LogP contribution < -0.4 is 10.1 Å². The van der Waals surface area contributed by atoms with E-state index < -0.39 is 0 Å². The van der Waals surface area contributed by atoms with Gasteiger partial charge in [0.05, 0.1) is 20.9 Å². The highest BCUT2D eigenvalue weighted by molar-refractivity contribution is 7.20. The van der Waals surface area contributed by atoms with Gasteiger partial charge in [-0.25, -0.2) is 4.98 Å². The zero-order valence-corrected chi connectivity index (χ0v) is 18.0. The molecule has 0 aliphatic heterocycles. The summed E-state index contributed by atoms with van der Waals surface area (Å²) in [5, 5.41) is 9.28. The molecule has 5 rings (SSSR count). The van der Waals surface area contributed by atoms with E-state index in [1.165, 1.54) is 11.3 Å². The first-order valence-corrected chi connectivity index (χ1v) is 11.0. The van der Waals surface area contributed by atoms with Gasteiger partial charge in [0.25, 0.3) is 5.91 Å². The lowest BCUT2D eigenvalue weighted by Gasteiger charge is -2.11. The van der Waals surface area contributed by atoms with E-state index in [0.29, 0.717) is 21.6 Å². The molecule has 1 aliphatic rings. The maximum atomic E-state index is 12.7. The van der Waals surface area contributed by atoms with Crippen LogP contribution in [0, 0.1) is 0 Å². The van der Waals surface area contributed by atoms with E-state index in [-0.39, 0.29) is 12.5 Å². The number of thiazole rings is 1. The SMILES string of the molecule is O=C(COc1ccc(Cl)cc1Cl)Nc1c2c(nn1-c1nc3ccccc3s1)CCC2. The van der Waals surface area contributed by atoms with E-state index in [0.717, 1.165) is 45.9 Å². The standard InChI is InChI=1S/C21H16Cl2N4O2S/c22-12-8-9-17(14(23)10-12)29-11-19(28)25-20-13-4-3-6-15(13)26-27(20)21-24-16-5-1-2-7-18(16)30-21/h1-2,5,7-10H,3-4,6,11H2,(H,25,28). The molecule has 2 heterocycles. The van der Waals surface area contributed by atoms with Crippen LogP contribution in [0.15, 0.2) is 42.5 Å². The molecule has 4 aromatic rings. The largest absolute Gasteiger partial charge is 0.482 e. The van der Waals surface area contributed by atoms with Gasteiger partial charge >= 0.3 is 0 Å². The van der Waals surface area contributed by atoms with Crippen LogP contribution >= 0.6 is 34.5 Å². The Morgan fingerprint density at radius 3 is 2.90 bits per heavy atom. The van der Waals surface area contributed by atoms with Gasteiger partial charge in [-0.3, -0.25) is 4.79 Å². The van der Waals surface area contributed by atoms with E-state index in [4.69, 9.17) is 33.0 Å². The lowest BCUT2D eigenvalue weighted by atomic mass is 10.2. The summed E-state index contributed by atoms with van der Waals surface area (Å²) >= 11 is 13.6. The van der Waals surface area contributed by atoms with Crippen molar-refractivity contribution in [2.45, 2.75) is 19.3 Å². The third-order valence-electron chi connectivity index (χ3n) is 4.88. The Bertz CT molecular complexity index is 1230. The summed E-state index contributed by atoms with van der Waals surface area (Å²) in [4.78, 5) is 17.3. The Morgan fingerprint density at radius 2 is 2.07 bits per heavy atom. The molecule has 0 unspecified atom stereocenters. The van der Waals surface area contributed by atoms with E-state index in [1.807, 2.05) is 24.3 Å². The summed E-state index contributed by atoms with van der Waals surface area (Å²) in [6.07, 6.45) is 2.80. The summed E-state index contributed by atoms with van der Waals surface area (Å²) < 4.78 is 8.38. The second kappa shape index (κ2) is 7.91. The number of anilines is 1. The van der Waals surface area contributed by atoms with Gasteiger partial charge in [-0.2, -0.15) is 9.78 Å². The van der Waals surface area contributed by atoms with E-state index >= 15 is 0 Å². The smallest absolute Gasteiger partial charge is 0.263 e. The fourth-order valence-corrected chi connectivity index (χ4v) is 4.90. The van der Waals surface area contributed by atoms with Gasteiger partial charge in [-0.15, -0.1) is 0 Å². The van der Waals surface area contributed by atoms with Crippen molar-refractivity contribution in [2.75, 3.05) is 11.9 Å². The summed E-state index contributed by atoms with van der Waals surface area (Å²) in [7, 11) is 0. The average molecular weight is 459 g/mol. The van der Waals surface area contributed by atoms with E-state index in [2.05, 4.69) is 10.3 Å². The second-order valence-corrected chi connectivity index (χ2v) is 8.77. The van der Waals surface area contributed by atoms with Crippen molar-refractivity contribution >= 4 is 56.5 Å². The van der Waals surface area contributed by atoms with Crippen LogP contribution in [0.5, 0.6) is 5.75 Å². The molecule has 6 nitrogen and oxygen atoms in total. The molecular formula is C21H16Cl2N4O2S. The molecule has 2 aromatic carbocycles. The van der Waals surface area contributed by atoms with Crippen LogP contribution in [0.4, 0.5) is 5.82 Å². The number of benzene rings is 2. The number of halogens is 2. The van der Waals surface area contributed by atoms with Crippen LogP contribution in [-0.4, -0.2) is 27.3 Å². The summed E-state index contributed by atoms with van der Waals surface area (Å²) in [6.45, 7) is -0.179. The summed E-state index contributed by atoms with van der Waals surface area (Å²) in [5.74, 6) is 0.775. The number of hydrogen-bond donors (Lipinski definition) is 1. The molecule has 1 amide bonds. The van der Waals surface area contributed by atoms with Gasteiger partial charge in [-0.05, 0) is 49.6 Å². The average Bonchev–Trinajstić information content (AvgIpc) is 3.42. The first-order chi connectivity index (χ1) is 14.6. The Hall–Kier alpha value is -2.61. The molecule has 152 valence electrons. The molecule has 0 fully saturated rings. The van der Waals surface area contributed by atoms with Gasteiger partial charge < -0.3 is 10.1 Å². The Labute approximate surface area is 186 Å². The lowest BCUT2D eigenvalue weighted by molar-refractivity contribution is -0.118. The molecule has 2 aromatic heterocycles. The minimum Gasteiger partial charge on any atom is -0.482 e. The Kier molecular flexibility index (Phi) is 5.10. The van der Waals surface area contributed by atoms with Crippen molar-refractivity contribution < 1.29 is 9.53 Å². The normalized spacial score (nSPS) is 12.9. The van der Waals surface area contributed by atoms with E-state index in [1.54, 1.807) is 22.9 Å². The number of aromatic nitrogens is 3. The van der Waals surface area contributed by atoms with Crippen molar-refractivity contribution in [1.29, 1.82) is 0 Å². The van der Waals surface area contributed by atoms with Crippen molar-refractivity contribution in [3.63, 3.8) is 0 Å². The maximum absolute atomic E-state index is 12.7. The monoisotopic (exact) mass is 458 g/mol. The van der Waals surface area contributed by atoms with Crippen molar-refractivity contribution in [3.8, 4) is 10.9 Å². The molecule has 0 radical (unpaired) electrons. The first kappa shape index (κ1) is 19.4. The zero-order valence-electron chi connectivity index (χ0n) is 15.7. The molecule has 30 heavy (non-hydrogen) atoms. The number of nitrogens with one attached hydrogen (secondary N) is 1. The fourth-order valence-electron chi connectivity index (χ4n) is 3.51. The third kappa shape index (κ3) is 3.64. The highest BCUT2D eigenvalue weighted by Gasteiger charge is 2.25. The van der Waals surface area contributed by atoms with Gasteiger partial charge in [0.15, 0.2) is 6.61 Å². The first-order valence-electron chi connectivity index (χ1n) is 9.43. The molecule has 1 aliphatic carbocycles. The number of rotatable bonds is 5. The second-order valence-electron chi connectivity index (χ2n) is 6.91. The van der Waals surface area contributed by atoms with Crippen molar-refractivity contribution in [2.24, 2.45) is 0 Å². The lowest BCUT2D eigenvalue weighted by Crippen LogP contribution is -2.22. The highest BCUT2D eigenvalue weighted by atomic mass is 35.5. The third-order valence-corrected chi connectivity index (χ3v) is 6.42. The van der Waals surface area contributed by atoms with Crippen molar-refractivity contribution in [1.82, 2.24) is 14.8 Å². The van der Waals surface area contributed by atoms with E-state index in [9.17, 15) is 4.79 Å². The summed E-state index contributed by atoms with van der Waals surface area (Å²) in [6, 6.07) is 12.8. The number of fused-ring (bicyclic) bond motifs is 2. The number of aryl methyl sites for hydroxylation is 1. The molecule has 0 atom stereocenters. The van der Waals surface area contributed by atoms with Crippen LogP contribution in [0.25, 0.3) is 15.3 Å². The fraction of sp³-hybridized carbons (Fsp3) is 0.190. The number of amides is 1. The van der Waals surface area contributed by atoms with Gasteiger partial charge in [-0.1, -0.05) is 46.7 Å². The van der Waals surface area contributed by atoms with Gasteiger partial charge in [0, 0.05) is 10.6 Å². The van der Waals surface area contributed by atoms with Crippen LogP contribution in [0.2, 0.25) is 10.0 Å². The van der Waals surface area contributed by atoms with Crippen LogP contribution in [-0.2, 0) is 17.6 Å². The molecule has 9 heteroatoms. The highest BCUT2D eigenvalue weighted by Crippen LogP contribution is 2.34. The molecule has 0 saturated heterocycles. The minimum atomic E-state index is -0.294. The van der Waals surface area contributed by atoms with Crippen LogP contribution in [0.3, 0.4) is 0 Å². The molecular weight excluding hydrogens is 443 g/mol. The van der Waals surface area contributed by atoms with Gasteiger partial charge in [0.2, 0.25) is 5.13 Å².